The van der Waals surface area contributed by atoms with Crippen molar-refractivity contribution >= 4 is 34.8 Å². The van der Waals surface area contributed by atoms with Crippen LogP contribution in [-0.2, 0) is 16.0 Å². The molecule has 6 nitrogen and oxygen atoms in total. The van der Waals surface area contributed by atoms with Gasteiger partial charge in [-0.15, -0.1) is 0 Å². The minimum absolute atomic E-state index is 0.398. The topological polar surface area (TPSA) is 64.7 Å². The number of nitrogens with zero attached hydrogens (tertiary/aromatic N) is 2. The molecule has 3 rings (SSSR count). The van der Waals surface area contributed by atoms with Crippen LogP contribution in [0.4, 0.5) is 11.4 Å². The van der Waals surface area contributed by atoms with Gasteiger partial charge >= 0.3 is 11.8 Å². The first-order chi connectivity index (χ1) is 13.5. The normalized spacial score (nSPS) is 14.6. The fourth-order valence-electron chi connectivity index (χ4n) is 3.09. The van der Waals surface area contributed by atoms with Gasteiger partial charge in [0.25, 0.3) is 0 Å². The van der Waals surface area contributed by atoms with Gasteiger partial charge in [0.1, 0.15) is 0 Å². The van der Waals surface area contributed by atoms with Crippen molar-refractivity contribution in [2.24, 2.45) is 0 Å². The van der Waals surface area contributed by atoms with Crippen LogP contribution in [0.25, 0.3) is 0 Å². The highest BCUT2D eigenvalue weighted by Crippen LogP contribution is 2.17. The smallest absolute Gasteiger partial charge is 0.313 e. The number of halogens is 1. The van der Waals surface area contributed by atoms with Crippen LogP contribution >= 0.6 is 11.6 Å². The third-order valence-electron chi connectivity index (χ3n) is 4.79. The minimum atomic E-state index is -0.701. The number of hydrogen-bond donors (Lipinski definition) is 2. The van der Waals surface area contributed by atoms with E-state index in [2.05, 4.69) is 51.7 Å². The molecule has 0 atom stereocenters. The molecular weight excluding hydrogens is 376 g/mol. The largest absolute Gasteiger partial charge is 0.369 e. The molecule has 148 valence electrons. The standard InChI is InChI=1S/C21H25ClN4O2/c1-25-11-13-26(14-12-25)19-7-5-16(6-8-19)9-10-23-20(27)21(28)24-18-4-2-3-17(22)15-18/h2-8,15H,9-14H2,1H3,(H,23,27)(H,24,28). The van der Waals surface area contributed by atoms with Gasteiger partial charge in [0.15, 0.2) is 0 Å². The van der Waals surface area contributed by atoms with Crippen LogP contribution in [0.5, 0.6) is 0 Å². The number of amides is 2. The zero-order chi connectivity index (χ0) is 19.9. The molecule has 0 radical (unpaired) electrons. The molecule has 1 saturated heterocycles. The first-order valence-electron chi connectivity index (χ1n) is 9.38. The van der Waals surface area contributed by atoms with E-state index in [-0.39, 0.29) is 0 Å². The summed E-state index contributed by atoms with van der Waals surface area (Å²) in [5.74, 6) is -1.36. The lowest BCUT2D eigenvalue weighted by molar-refractivity contribution is -0.136. The van der Waals surface area contributed by atoms with Crippen LogP contribution in [0.2, 0.25) is 5.02 Å². The van der Waals surface area contributed by atoms with Gasteiger partial charge in [0.2, 0.25) is 0 Å². The molecule has 0 unspecified atom stereocenters. The molecule has 1 aliphatic heterocycles. The number of carbonyl (C=O) groups excluding carboxylic acids is 2. The summed E-state index contributed by atoms with van der Waals surface area (Å²) in [5.41, 5.74) is 2.84. The molecule has 1 fully saturated rings. The van der Waals surface area contributed by atoms with E-state index in [0.29, 0.717) is 23.7 Å². The highest BCUT2D eigenvalue weighted by Gasteiger charge is 2.15. The van der Waals surface area contributed by atoms with Crippen LogP contribution in [0.1, 0.15) is 5.56 Å². The van der Waals surface area contributed by atoms with Crippen molar-refractivity contribution in [1.82, 2.24) is 10.2 Å². The Morgan fingerprint density at radius 2 is 1.71 bits per heavy atom. The van der Waals surface area contributed by atoms with E-state index in [1.807, 2.05) is 0 Å². The van der Waals surface area contributed by atoms with E-state index in [1.54, 1.807) is 24.3 Å². The number of piperazine rings is 1. The molecule has 0 saturated carbocycles. The summed E-state index contributed by atoms with van der Waals surface area (Å²) in [4.78, 5) is 28.6. The van der Waals surface area contributed by atoms with E-state index in [4.69, 9.17) is 11.6 Å². The zero-order valence-electron chi connectivity index (χ0n) is 16.0. The Morgan fingerprint density at radius 3 is 2.39 bits per heavy atom. The summed E-state index contributed by atoms with van der Waals surface area (Å²) in [6.45, 7) is 4.62. The fourth-order valence-corrected chi connectivity index (χ4v) is 3.28. The maximum Gasteiger partial charge on any atom is 0.313 e. The number of likely N-dealkylation sites (N-methyl/N-ethyl adjacent to an activating group) is 1. The van der Waals surface area contributed by atoms with Crippen LogP contribution < -0.4 is 15.5 Å². The van der Waals surface area contributed by atoms with E-state index in [1.165, 1.54) is 5.69 Å². The van der Waals surface area contributed by atoms with Gasteiger partial charge in [0, 0.05) is 49.1 Å². The van der Waals surface area contributed by atoms with Gasteiger partial charge in [-0.3, -0.25) is 9.59 Å². The third-order valence-corrected chi connectivity index (χ3v) is 5.03. The van der Waals surface area contributed by atoms with Gasteiger partial charge in [-0.2, -0.15) is 0 Å². The second kappa shape index (κ2) is 9.57. The van der Waals surface area contributed by atoms with Crippen molar-refractivity contribution < 1.29 is 9.59 Å². The molecule has 2 aromatic carbocycles. The molecule has 0 aromatic heterocycles. The van der Waals surface area contributed by atoms with Crippen molar-refractivity contribution in [3.63, 3.8) is 0 Å². The lowest BCUT2D eigenvalue weighted by atomic mass is 10.1. The van der Waals surface area contributed by atoms with Crippen LogP contribution in [-0.4, -0.2) is 56.5 Å². The number of hydrogen-bond acceptors (Lipinski definition) is 4. The molecular formula is C21H25ClN4O2. The summed E-state index contributed by atoms with van der Waals surface area (Å²) in [7, 11) is 2.14. The number of carbonyl (C=O) groups is 2. The Morgan fingerprint density at radius 1 is 1.00 bits per heavy atom. The number of anilines is 2. The maximum atomic E-state index is 11.9. The highest BCUT2D eigenvalue weighted by atomic mass is 35.5. The van der Waals surface area contributed by atoms with Gasteiger partial charge in [-0.05, 0) is 49.4 Å². The fraction of sp³-hybridized carbons (Fsp3) is 0.333. The van der Waals surface area contributed by atoms with Crippen molar-refractivity contribution in [2.45, 2.75) is 6.42 Å². The second-order valence-corrected chi connectivity index (χ2v) is 7.36. The third kappa shape index (κ3) is 5.71. The molecule has 2 aromatic rings. The quantitative estimate of drug-likeness (QED) is 0.756. The van der Waals surface area contributed by atoms with Gasteiger partial charge in [-0.1, -0.05) is 29.8 Å². The molecule has 0 aliphatic carbocycles. The van der Waals surface area contributed by atoms with Crippen molar-refractivity contribution in [3.05, 3.63) is 59.1 Å². The first-order valence-corrected chi connectivity index (χ1v) is 9.76. The molecule has 0 bridgehead atoms. The highest BCUT2D eigenvalue weighted by molar-refractivity contribution is 6.39. The Kier molecular flexibility index (Phi) is 6.90. The predicted octanol–water partition coefficient (Wildman–Crippen LogP) is 2.39. The van der Waals surface area contributed by atoms with Crippen LogP contribution in [0.15, 0.2) is 48.5 Å². The Balaban J connectivity index is 1.43. The van der Waals surface area contributed by atoms with E-state index in [0.717, 1.165) is 31.7 Å². The van der Waals surface area contributed by atoms with Gasteiger partial charge in [0.05, 0.1) is 0 Å². The number of nitrogens with one attached hydrogen (secondary N) is 2. The van der Waals surface area contributed by atoms with Gasteiger partial charge in [-0.25, -0.2) is 0 Å². The SMILES string of the molecule is CN1CCN(c2ccc(CCNC(=O)C(=O)Nc3cccc(Cl)c3)cc2)CC1. The molecule has 2 amide bonds. The summed E-state index contributed by atoms with van der Waals surface area (Å²) in [6, 6.07) is 15.1. The Hall–Kier alpha value is -2.57. The lowest BCUT2D eigenvalue weighted by Gasteiger charge is -2.34. The van der Waals surface area contributed by atoms with Crippen molar-refractivity contribution in [2.75, 3.05) is 50.0 Å². The van der Waals surface area contributed by atoms with Crippen molar-refractivity contribution in [3.8, 4) is 0 Å². The molecule has 7 heteroatoms. The molecule has 1 heterocycles. The zero-order valence-corrected chi connectivity index (χ0v) is 16.7. The summed E-state index contributed by atoms with van der Waals surface area (Å²) < 4.78 is 0. The number of rotatable bonds is 5. The molecule has 0 spiro atoms. The van der Waals surface area contributed by atoms with Crippen LogP contribution in [0.3, 0.4) is 0 Å². The van der Waals surface area contributed by atoms with Gasteiger partial charge < -0.3 is 20.4 Å². The first kappa shape index (κ1) is 20.2. The monoisotopic (exact) mass is 400 g/mol. The second-order valence-electron chi connectivity index (χ2n) is 6.93. The van der Waals surface area contributed by atoms with Crippen molar-refractivity contribution in [1.29, 1.82) is 0 Å². The molecule has 1 aliphatic rings. The minimum Gasteiger partial charge on any atom is -0.369 e. The Labute approximate surface area is 170 Å². The van der Waals surface area contributed by atoms with E-state index in [9.17, 15) is 9.59 Å². The number of benzene rings is 2. The molecule has 2 N–H and O–H groups in total. The average molecular weight is 401 g/mol. The summed E-state index contributed by atoms with van der Waals surface area (Å²) in [6.07, 6.45) is 0.666. The molecule has 28 heavy (non-hydrogen) atoms. The maximum absolute atomic E-state index is 11.9. The van der Waals surface area contributed by atoms with E-state index >= 15 is 0 Å². The van der Waals surface area contributed by atoms with E-state index < -0.39 is 11.8 Å². The summed E-state index contributed by atoms with van der Waals surface area (Å²) in [5, 5.41) is 5.68. The summed E-state index contributed by atoms with van der Waals surface area (Å²) >= 11 is 5.87. The predicted molar refractivity (Wildman–Crippen MR) is 113 cm³/mol. The van der Waals surface area contributed by atoms with Crippen LogP contribution in [0, 0.1) is 0 Å². The average Bonchev–Trinajstić information content (AvgIpc) is 2.69. The Bertz CT molecular complexity index is 817. The lowest BCUT2D eigenvalue weighted by Crippen LogP contribution is -2.44.